The van der Waals surface area contributed by atoms with Gasteiger partial charge in [0.05, 0.1) is 10.7 Å². The van der Waals surface area contributed by atoms with Gasteiger partial charge in [0.2, 0.25) is 0 Å². The van der Waals surface area contributed by atoms with Crippen LogP contribution in [0.5, 0.6) is 0 Å². The minimum absolute atomic E-state index is 0.530. The van der Waals surface area contributed by atoms with Crippen molar-refractivity contribution in [3.05, 3.63) is 45.9 Å². The molecule has 4 heteroatoms. The van der Waals surface area contributed by atoms with Crippen LogP contribution in [-0.2, 0) is 12.3 Å². The molecule has 0 saturated heterocycles. The van der Waals surface area contributed by atoms with Gasteiger partial charge < -0.3 is 5.32 Å². The molecular weight excluding hydrogens is 284 g/mol. The Morgan fingerprint density at radius 2 is 2.20 bits per heavy atom. The summed E-state index contributed by atoms with van der Waals surface area (Å²) in [5.74, 6) is 1.48. The van der Waals surface area contributed by atoms with Gasteiger partial charge in [-0.2, -0.15) is 0 Å². The van der Waals surface area contributed by atoms with Gasteiger partial charge in [0.15, 0.2) is 0 Å². The molecule has 20 heavy (non-hydrogen) atoms. The molecule has 0 saturated carbocycles. The smallest absolute Gasteiger partial charge is 0.0954 e. The van der Waals surface area contributed by atoms with Crippen LogP contribution in [-0.4, -0.2) is 11.5 Å². The topological polar surface area (TPSA) is 24.9 Å². The van der Waals surface area contributed by atoms with Crippen LogP contribution in [0.4, 0.5) is 0 Å². The van der Waals surface area contributed by atoms with Crippen molar-refractivity contribution < 1.29 is 0 Å². The van der Waals surface area contributed by atoms with Gasteiger partial charge in [-0.3, -0.25) is 0 Å². The maximum Gasteiger partial charge on any atom is 0.0954 e. The minimum Gasteiger partial charge on any atom is -0.313 e. The van der Waals surface area contributed by atoms with Crippen molar-refractivity contribution in [3.8, 4) is 0 Å². The number of benzene rings is 1. The van der Waals surface area contributed by atoms with E-state index in [2.05, 4.69) is 60.7 Å². The number of nitrogens with zero attached hydrogens (tertiary/aromatic N) is 1. The summed E-state index contributed by atoms with van der Waals surface area (Å²) in [6, 6.07) is 8.75. The van der Waals surface area contributed by atoms with E-state index in [1.165, 1.54) is 21.2 Å². The number of nitrogens with one attached hydrogen (secondary N) is 1. The molecular formula is C16H22N2S2. The van der Waals surface area contributed by atoms with Crippen LogP contribution < -0.4 is 5.32 Å². The van der Waals surface area contributed by atoms with E-state index in [1.807, 2.05) is 11.8 Å². The number of thiazole rings is 1. The second-order valence-corrected chi connectivity index (χ2v) is 6.99. The van der Waals surface area contributed by atoms with E-state index in [-0.39, 0.29) is 0 Å². The van der Waals surface area contributed by atoms with E-state index in [4.69, 9.17) is 0 Å². The third-order valence-corrected chi connectivity index (χ3v) is 5.15. The largest absolute Gasteiger partial charge is 0.313 e. The molecule has 1 aromatic heterocycles. The normalized spacial score (nSPS) is 11.2. The molecule has 0 aliphatic carbocycles. The van der Waals surface area contributed by atoms with Crippen LogP contribution in [0, 0.1) is 0 Å². The first kappa shape index (κ1) is 15.5. The standard InChI is InChI=1S/C16H22N2S2/c1-4-17-9-13-6-5-7-15(8-13)19-10-14-11-20-16(18-14)12(2)3/h5-8,11-12,17H,4,9-10H2,1-3H3. The van der Waals surface area contributed by atoms with Crippen molar-refractivity contribution in [3.63, 3.8) is 0 Å². The molecule has 0 aliphatic heterocycles. The molecule has 2 rings (SSSR count). The fraction of sp³-hybridized carbons (Fsp3) is 0.438. The summed E-state index contributed by atoms with van der Waals surface area (Å²) in [7, 11) is 0. The van der Waals surface area contributed by atoms with Crippen LogP contribution >= 0.6 is 23.1 Å². The summed E-state index contributed by atoms with van der Waals surface area (Å²) in [6.07, 6.45) is 0. The number of thioether (sulfide) groups is 1. The maximum atomic E-state index is 4.68. The predicted octanol–water partition coefficient (Wildman–Crippen LogP) is 4.67. The zero-order valence-corrected chi connectivity index (χ0v) is 14.0. The molecule has 0 unspecified atom stereocenters. The van der Waals surface area contributed by atoms with Crippen LogP contribution in [0.15, 0.2) is 34.5 Å². The Bertz CT molecular complexity index is 535. The fourth-order valence-electron chi connectivity index (χ4n) is 1.83. The van der Waals surface area contributed by atoms with Crippen molar-refractivity contribution in [2.45, 2.75) is 43.9 Å². The molecule has 2 nitrogen and oxygen atoms in total. The van der Waals surface area contributed by atoms with Crippen LogP contribution in [0.25, 0.3) is 0 Å². The third-order valence-electron chi connectivity index (χ3n) is 2.93. The highest BCUT2D eigenvalue weighted by atomic mass is 32.2. The molecule has 2 aromatic rings. The van der Waals surface area contributed by atoms with Crippen LogP contribution in [0.1, 0.15) is 43.0 Å². The van der Waals surface area contributed by atoms with Crippen molar-refractivity contribution in [1.29, 1.82) is 0 Å². The van der Waals surface area contributed by atoms with E-state index in [1.54, 1.807) is 11.3 Å². The molecule has 1 aromatic carbocycles. The van der Waals surface area contributed by atoms with E-state index in [9.17, 15) is 0 Å². The zero-order chi connectivity index (χ0) is 14.4. The maximum absolute atomic E-state index is 4.68. The second kappa shape index (κ2) is 7.81. The average Bonchev–Trinajstić information content (AvgIpc) is 2.92. The lowest BCUT2D eigenvalue weighted by molar-refractivity contribution is 0.725. The highest BCUT2D eigenvalue weighted by Crippen LogP contribution is 2.26. The predicted molar refractivity (Wildman–Crippen MR) is 89.6 cm³/mol. The summed E-state index contributed by atoms with van der Waals surface area (Å²) in [6.45, 7) is 8.47. The number of hydrogen-bond acceptors (Lipinski definition) is 4. The highest BCUT2D eigenvalue weighted by molar-refractivity contribution is 7.98. The van der Waals surface area contributed by atoms with Crippen LogP contribution in [0.2, 0.25) is 0 Å². The van der Waals surface area contributed by atoms with Crippen molar-refractivity contribution in [1.82, 2.24) is 10.3 Å². The lowest BCUT2D eigenvalue weighted by Crippen LogP contribution is -2.11. The number of aromatic nitrogens is 1. The Kier molecular flexibility index (Phi) is 6.07. The molecule has 0 atom stereocenters. The third kappa shape index (κ3) is 4.62. The van der Waals surface area contributed by atoms with Gasteiger partial charge in [0, 0.05) is 28.5 Å². The first-order chi connectivity index (χ1) is 9.69. The molecule has 1 heterocycles. The molecule has 1 N–H and O–H groups in total. The molecule has 0 fully saturated rings. The first-order valence-corrected chi connectivity index (χ1v) is 8.92. The first-order valence-electron chi connectivity index (χ1n) is 7.05. The summed E-state index contributed by atoms with van der Waals surface area (Å²) in [5.41, 5.74) is 2.54. The Morgan fingerprint density at radius 1 is 1.35 bits per heavy atom. The van der Waals surface area contributed by atoms with E-state index in [0.717, 1.165) is 18.8 Å². The van der Waals surface area contributed by atoms with Gasteiger partial charge >= 0.3 is 0 Å². The van der Waals surface area contributed by atoms with Crippen molar-refractivity contribution in [2.24, 2.45) is 0 Å². The van der Waals surface area contributed by atoms with Gasteiger partial charge in [-0.1, -0.05) is 32.9 Å². The zero-order valence-electron chi connectivity index (χ0n) is 12.3. The highest BCUT2D eigenvalue weighted by Gasteiger charge is 2.06. The Morgan fingerprint density at radius 3 is 2.90 bits per heavy atom. The van der Waals surface area contributed by atoms with Crippen molar-refractivity contribution >= 4 is 23.1 Å². The van der Waals surface area contributed by atoms with Gasteiger partial charge in [-0.05, 0) is 24.2 Å². The SMILES string of the molecule is CCNCc1cccc(SCc2csc(C(C)C)n2)c1. The van der Waals surface area contributed by atoms with E-state index >= 15 is 0 Å². The molecule has 0 bridgehead atoms. The molecule has 0 aliphatic rings. The second-order valence-electron chi connectivity index (χ2n) is 5.05. The van der Waals surface area contributed by atoms with Crippen LogP contribution in [0.3, 0.4) is 0 Å². The van der Waals surface area contributed by atoms with Gasteiger partial charge in [0.1, 0.15) is 0 Å². The summed E-state index contributed by atoms with van der Waals surface area (Å²) < 4.78 is 0. The lowest BCUT2D eigenvalue weighted by Gasteiger charge is -2.05. The van der Waals surface area contributed by atoms with Crippen molar-refractivity contribution in [2.75, 3.05) is 6.54 Å². The summed E-state index contributed by atoms with van der Waals surface area (Å²) >= 11 is 3.64. The van der Waals surface area contributed by atoms with Gasteiger partial charge in [0.25, 0.3) is 0 Å². The quantitative estimate of drug-likeness (QED) is 0.753. The fourth-order valence-corrected chi connectivity index (χ4v) is 3.64. The molecule has 108 valence electrons. The van der Waals surface area contributed by atoms with E-state index < -0.39 is 0 Å². The van der Waals surface area contributed by atoms with Gasteiger partial charge in [-0.15, -0.1) is 23.1 Å². The van der Waals surface area contributed by atoms with Gasteiger partial charge in [-0.25, -0.2) is 4.98 Å². The summed E-state index contributed by atoms with van der Waals surface area (Å²) in [4.78, 5) is 6.00. The Labute approximate surface area is 130 Å². The molecule has 0 radical (unpaired) electrons. The monoisotopic (exact) mass is 306 g/mol. The molecule has 0 spiro atoms. The minimum atomic E-state index is 0.530. The Balaban J connectivity index is 1.92. The number of rotatable bonds is 7. The average molecular weight is 306 g/mol. The number of hydrogen-bond donors (Lipinski definition) is 1. The summed E-state index contributed by atoms with van der Waals surface area (Å²) in [5, 5.41) is 6.78. The van der Waals surface area contributed by atoms with E-state index in [0.29, 0.717) is 5.92 Å². The molecule has 0 amide bonds. The lowest BCUT2D eigenvalue weighted by atomic mass is 10.2. The Hall–Kier alpha value is -0.840.